The molecular formula is C24H31N5O6. The molecule has 2 aromatic rings. The molecule has 1 aliphatic carbocycles. The number of aryl methyl sites for hydroxylation is 1. The van der Waals surface area contributed by atoms with Crippen LogP contribution < -0.4 is 21.1 Å². The van der Waals surface area contributed by atoms with E-state index in [-0.39, 0.29) is 29.8 Å². The van der Waals surface area contributed by atoms with Crippen molar-refractivity contribution in [3.8, 4) is 11.5 Å². The molecule has 11 nitrogen and oxygen atoms in total. The van der Waals surface area contributed by atoms with Gasteiger partial charge in [0, 0.05) is 19.2 Å². The first-order chi connectivity index (χ1) is 16.8. The molecule has 0 bridgehead atoms. The lowest BCUT2D eigenvalue weighted by Gasteiger charge is -2.24. The zero-order chi connectivity index (χ0) is 25.4. The van der Waals surface area contributed by atoms with E-state index in [0.717, 1.165) is 24.3 Å². The molecule has 11 heteroatoms. The molecule has 1 fully saturated rings. The summed E-state index contributed by atoms with van der Waals surface area (Å²) in [6.45, 7) is 1.72. The number of ether oxygens (including phenoxy) is 3. The highest BCUT2D eigenvalue weighted by Gasteiger charge is 2.19. The zero-order valence-electron chi connectivity index (χ0n) is 19.9. The molecule has 1 aliphatic rings. The molecule has 0 radical (unpaired) electrons. The Morgan fingerprint density at radius 3 is 2.46 bits per heavy atom. The Bertz CT molecular complexity index is 1060. The summed E-state index contributed by atoms with van der Waals surface area (Å²) in [4.78, 5) is 27.0. The van der Waals surface area contributed by atoms with Crippen LogP contribution in [0.2, 0.25) is 0 Å². The lowest BCUT2D eigenvalue weighted by Crippen LogP contribution is -2.31. The maximum absolute atomic E-state index is 12.1. The Hall–Kier alpha value is -3.86. The average molecular weight is 486 g/mol. The predicted molar refractivity (Wildman–Crippen MR) is 129 cm³/mol. The first kappa shape index (κ1) is 25.8. The number of benzene rings is 1. The van der Waals surface area contributed by atoms with Gasteiger partial charge in [-0.3, -0.25) is 10.1 Å². The number of rotatable bonds is 9. The van der Waals surface area contributed by atoms with Gasteiger partial charge in [0.05, 0.1) is 33.8 Å². The van der Waals surface area contributed by atoms with E-state index in [1.807, 2.05) is 13.0 Å². The van der Waals surface area contributed by atoms with E-state index in [4.69, 9.17) is 25.8 Å². The highest BCUT2D eigenvalue weighted by Crippen LogP contribution is 2.27. The number of nitro benzene ring substituents is 1. The van der Waals surface area contributed by atoms with Crippen molar-refractivity contribution >= 4 is 17.5 Å². The number of hydrogen-bond acceptors (Lipinski definition) is 10. The maximum Gasteiger partial charge on any atom is 0.514 e. The fraction of sp³-hybridized carbons (Fsp3) is 0.417. The number of carbonyl (C=O) groups is 1. The van der Waals surface area contributed by atoms with Crippen LogP contribution in [0.1, 0.15) is 50.4 Å². The highest BCUT2D eigenvalue weighted by atomic mass is 16.7. The summed E-state index contributed by atoms with van der Waals surface area (Å²) < 4.78 is 16.4. The van der Waals surface area contributed by atoms with Crippen LogP contribution in [-0.4, -0.2) is 40.8 Å². The van der Waals surface area contributed by atoms with Crippen molar-refractivity contribution in [2.45, 2.75) is 51.6 Å². The molecule has 0 amide bonds. The van der Waals surface area contributed by atoms with Crippen LogP contribution >= 0.6 is 0 Å². The third-order valence-corrected chi connectivity index (χ3v) is 5.70. The van der Waals surface area contributed by atoms with Gasteiger partial charge in [-0.25, -0.2) is 15.6 Å². The molecule has 0 spiro atoms. The Kier molecular flexibility index (Phi) is 8.85. The van der Waals surface area contributed by atoms with Crippen LogP contribution in [0.15, 0.2) is 42.1 Å². The number of likely N-dealkylation sites (N-methyl/N-ethyl adjacent to an activating group) is 1. The topological polar surface area (TPSA) is 156 Å². The predicted octanol–water partition coefficient (Wildman–Crippen LogP) is 3.91. The zero-order valence-corrected chi connectivity index (χ0v) is 19.9. The third kappa shape index (κ3) is 7.06. The maximum atomic E-state index is 12.1. The molecule has 35 heavy (non-hydrogen) atoms. The van der Waals surface area contributed by atoms with Crippen molar-refractivity contribution in [2.24, 2.45) is 11.6 Å². The number of nitrogens with two attached hydrogens (primary N) is 2. The van der Waals surface area contributed by atoms with E-state index in [9.17, 15) is 14.9 Å². The third-order valence-electron chi connectivity index (χ3n) is 5.70. The van der Waals surface area contributed by atoms with Crippen molar-refractivity contribution in [1.82, 2.24) is 9.99 Å². The summed E-state index contributed by atoms with van der Waals surface area (Å²) in [5.74, 6) is 6.78. The van der Waals surface area contributed by atoms with E-state index in [1.54, 1.807) is 13.1 Å². The van der Waals surface area contributed by atoms with E-state index in [2.05, 4.69) is 4.98 Å². The van der Waals surface area contributed by atoms with E-state index in [0.29, 0.717) is 17.8 Å². The number of hydrazine groups is 1. The number of nitro groups is 1. The van der Waals surface area contributed by atoms with E-state index in [1.165, 1.54) is 48.5 Å². The van der Waals surface area contributed by atoms with E-state index < -0.39 is 11.1 Å². The number of hydrogen-bond donors (Lipinski definition) is 2. The van der Waals surface area contributed by atoms with Gasteiger partial charge in [-0.2, -0.15) is 0 Å². The standard InChI is InChI=1S/C24H31N5O6/c1-3-19-22(34-17-7-5-4-6-8-17)14-13-20(27-19)23(25)21(28(2)26)15-33-24(30)35-18-11-9-16(10-12-18)29(31)32/h9-14,17H,3-8,15,25-26H2,1-2H3/b23-21-. The van der Waals surface area contributed by atoms with Crippen LogP contribution in [-0.2, 0) is 11.2 Å². The quantitative estimate of drug-likeness (QED) is 0.175. The molecule has 1 saturated carbocycles. The molecule has 0 atom stereocenters. The van der Waals surface area contributed by atoms with Gasteiger partial charge in [0.15, 0.2) is 0 Å². The molecule has 1 heterocycles. The lowest BCUT2D eigenvalue weighted by molar-refractivity contribution is -0.384. The SMILES string of the molecule is CCc1nc(/C(N)=C(\COC(=O)Oc2ccc([N+](=O)[O-])cc2)N(C)N)ccc1OC1CCCCC1. The summed E-state index contributed by atoms with van der Waals surface area (Å²) in [5, 5.41) is 12.0. The van der Waals surface area contributed by atoms with Crippen molar-refractivity contribution < 1.29 is 23.9 Å². The summed E-state index contributed by atoms with van der Waals surface area (Å²) in [6, 6.07) is 8.65. The second-order valence-corrected chi connectivity index (χ2v) is 8.24. The van der Waals surface area contributed by atoms with Crippen LogP contribution in [0.4, 0.5) is 10.5 Å². The molecule has 0 saturated heterocycles. The van der Waals surface area contributed by atoms with E-state index >= 15 is 0 Å². The minimum Gasteiger partial charge on any atom is -0.489 e. The molecule has 188 valence electrons. The van der Waals surface area contributed by atoms with Gasteiger partial charge in [0.2, 0.25) is 0 Å². The molecule has 4 N–H and O–H groups in total. The molecule has 1 aromatic carbocycles. The van der Waals surface area contributed by atoms with Crippen molar-refractivity contribution in [2.75, 3.05) is 13.7 Å². The normalized spacial score (nSPS) is 14.6. The van der Waals surface area contributed by atoms with Crippen molar-refractivity contribution in [3.05, 3.63) is 63.6 Å². The monoisotopic (exact) mass is 485 g/mol. The highest BCUT2D eigenvalue weighted by molar-refractivity contribution is 5.66. The van der Waals surface area contributed by atoms with Gasteiger partial charge in [0.1, 0.15) is 18.1 Å². The number of pyridine rings is 1. The van der Waals surface area contributed by atoms with Crippen LogP contribution in [0.25, 0.3) is 5.70 Å². The fourth-order valence-electron chi connectivity index (χ4n) is 3.77. The number of nitrogens with zero attached hydrogens (tertiary/aromatic N) is 3. The van der Waals surface area contributed by atoms with Gasteiger partial charge in [-0.1, -0.05) is 13.3 Å². The van der Waals surface area contributed by atoms with Gasteiger partial charge >= 0.3 is 6.16 Å². The number of non-ortho nitro benzene ring substituents is 1. The average Bonchev–Trinajstić information content (AvgIpc) is 2.85. The fourth-order valence-corrected chi connectivity index (χ4v) is 3.77. The van der Waals surface area contributed by atoms with Crippen molar-refractivity contribution in [3.63, 3.8) is 0 Å². The second-order valence-electron chi connectivity index (χ2n) is 8.24. The van der Waals surface area contributed by atoms with Gasteiger partial charge in [-0.05, 0) is 56.4 Å². The Balaban J connectivity index is 1.69. The summed E-state index contributed by atoms with van der Waals surface area (Å²) in [7, 11) is 1.56. The Labute approximate surface area is 203 Å². The van der Waals surface area contributed by atoms with Gasteiger partial charge in [-0.15, -0.1) is 0 Å². The Morgan fingerprint density at radius 2 is 1.86 bits per heavy atom. The first-order valence-electron chi connectivity index (χ1n) is 11.5. The van der Waals surface area contributed by atoms with Gasteiger partial charge < -0.3 is 25.0 Å². The van der Waals surface area contributed by atoms with Crippen LogP contribution in [0.3, 0.4) is 0 Å². The van der Waals surface area contributed by atoms with Crippen LogP contribution in [0.5, 0.6) is 11.5 Å². The smallest absolute Gasteiger partial charge is 0.489 e. The number of carbonyl (C=O) groups excluding carboxylic acids is 1. The minimum absolute atomic E-state index is 0.100. The summed E-state index contributed by atoms with van der Waals surface area (Å²) in [5.41, 5.74) is 8.06. The second kappa shape index (κ2) is 12.0. The summed E-state index contributed by atoms with van der Waals surface area (Å²) >= 11 is 0. The van der Waals surface area contributed by atoms with Crippen molar-refractivity contribution in [1.29, 1.82) is 0 Å². The lowest BCUT2D eigenvalue weighted by atomic mass is 9.98. The number of aromatic nitrogens is 1. The molecule has 1 aromatic heterocycles. The Morgan fingerprint density at radius 1 is 1.17 bits per heavy atom. The first-order valence-corrected chi connectivity index (χ1v) is 11.5. The molecule has 3 rings (SSSR count). The largest absolute Gasteiger partial charge is 0.514 e. The molecular weight excluding hydrogens is 454 g/mol. The minimum atomic E-state index is -1.01. The van der Waals surface area contributed by atoms with Crippen LogP contribution in [0, 0.1) is 10.1 Å². The molecule has 0 aliphatic heterocycles. The molecule has 0 unspecified atom stereocenters. The van der Waals surface area contributed by atoms with Gasteiger partial charge in [0.25, 0.3) is 5.69 Å². The summed E-state index contributed by atoms with van der Waals surface area (Å²) in [6.07, 6.45) is 5.54.